The maximum absolute atomic E-state index is 10.9. The van der Waals surface area contributed by atoms with Gasteiger partial charge in [0.05, 0.1) is 0 Å². The number of rotatable bonds is 9. The maximum atomic E-state index is 10.9. The molecule has 0 amide bonds. The summed E-state index contributed by atoms with van der Waals surface area (Å²) in [5.74, 6) is 0. The van der Waals surface area contributed by atoms with Crippen molar-refractivity contribution in [2.24, 2.45) is 0 Å². The van der Waals surface area contributed by atoms with Gasteiger partial charge in [-0.3, -0.25) is 0 Å². The predicted octanol–water partition coefficient (Wildman–Crippen LogP) is 3.87. The van der Waals surface area contributed by atoms with Gasteiger partial charge in [-0.15, -0.1) is 0 Å². The predicted molar refractivity (Wildman–Crippen MR) is 81.2 cm³/mol. The van der Waals surface area contributed by atoms with E-state index < -0.39 is 0 Å². The standard InChI is InChI=1S/C15H21NO2Se/c1-2-3-4-5-6-7-10-13-19-15-12-9-8-11-14(15)16(17)18/h7-12H,2-6,13H2,1H3/b10-7+. The number of nitrogens with zero attached hydrogens (tertiary/aromatic N) is 1. The van der Waals surface area contributed by atoms with E-state index in [1.165, 1.54) is 25.7 Å². The summed E-state index contributed by atoms with van der Waals surface area (Å²) in [5.41, 5.74) is 0.263. The molecule has 0 saturated heterocycles. The Morgan fingerprint density at radius 2 is 2.00 bits per heavy atom. The number of unbranched alkanes of at least 4 members (excludes halogenated alkanes) is 4. The van der Waals surface area contributed by atoms with Gasteiger partial charge in [0.15, 0.2) is 0 Å². The summed E-state index contributed by atoms with van der Waals surface area (Å²) >= 11 is 0.156. The summed E-state index contributed by atoms with van der Waals surface area (Å²) in [6, 6.07) is 7.05. The molecule has 0 heterocycles. The molecule has 0 aromatic heterocycles. The first-order valence-electron chi connectivity index (χ1n) is 6.77. The van der Waals surface area contributed by atoms with E-state index in [1.807, 2.05) is 12.1 Å². The minimum atomic E-state index is -0.286. The number of benzene rings is 1. The van der Waals surface area contributed by atoms with Crippen LogP contribution in [0.4, 0.5) is 5.69 Å². The van der Waals surface area contributed by atoms with E-state index >= 15 is 0 Å². The second-order valence-electron chi connectivity index (χ2n) is 4.36. The van der Waals surface area contributed by atoms with Crippen LogP contribution >= 0.6 is 0 Å². The molecule has 0 aliphatic carbocycles. The first-order chi connectivity index (χ1) is 9.25. The van der Waals surface area contributed by atoms with Crippen molar-refractivity contribution in [1.29, 1.82) is 0 Å². The van der Waals surface area contributed by atoms with Crippen LogP contribution in [-0.4, -0.2) is 19.9 Å². The number of nitro groups is 1. The van der Waals surface area contributed by atoms with Gasteiger partial charge in [-0.1, -0.05) is 0 Å². The van der Waals surface area contributed by atoms with Crippen LogP contribution in [0.2, 0.25) is 5.32 Å². The van der Waals surface area contributed by atoms with Gasteiger partial charge in [0.25, 0.3) is 0 Å². The fraction of sp³-hybridized carbons (Fsp3) is 0.467. The molecule has 0 aliphatic heterocycles. The van der Waals surface area contributed by atoms with E-state index in [0.717, 1.165) is 16.2 Å². The monoisotopic (exact) mass is 327 g/mol. The minimum absolute atomic E-state index is 0.156. The first kappa shape index (κ1) is 15.9. The molecule has 1 aromatic carbocycles. The Hall–Kier alpha value is -1.12. The van der Waals surface area contributed by atoms with E-state index in [-0.39, 0.29) is 25.6 Å². The Kier molecular flexibility index (Phi) is 8.19. The molecule has 0 bridgehead atoms. The van der Waals surface area contributed by atoms with E-state index in [4.69, 9.17) is 0 Å². The summed E-state index contributed by atoms with van der Waals surface area (Å²) in [6.07, 6.45) is 10.7. The van der Waals surface area contributed by atoms with Crippen LogP contribution in [0.25, 0.3) is 0 Å². The molecule has 0 fully saturated rings. The van der Waals surface area contributed by atoms with E-state index in [2.05, 4.69) is 19.1 Å². The Bertz CT molecular complexity index is 418. The third-order valence-corrected chi connectivity index (χ3v) is 4.92. The van der Waals surface area contributed by atoms with Crippen molar-refractivity contribution in [3.05, 3.63) is 46.5 Å². The molecule has 1 aromatic rings. The average Bonchev–Trinajstić information content (AvgIpc) is 2.42. The Morgan fingerprint density at radius 3 is 2.74 bits per heavy atom. The quantitative estimate of drug-likeness (QED) is 0.227. The van der Waals surface area contributed by atoms with Gasteiger partial charge >= 0.3 is 121 Å². The average molecular weight is 326 g/mol. The van der Waals surface area contributed by atoms with Crippen molar-refractivity contribution in [2.75, 3.05) is 0 Å². The van der Waals surface area contributed by atoms with E-state index in [1.54, 1.807) is 12.1 Å². The zero-order valence-electron chi connectivity index (χ0n) is 11.4. The number of hydrogen-bond donors (Lipinski definition) is 0. The molecular weight excluding hydrogens is 305 g/mol. The van der Waals surface area contributed by atoms with Crippen LogP contribution in [0, 0.1) is 10.1 Å². The van der Waals surface area contributed by atoms with Gasteiger partial charge in [-0.2, -0.15) is 0 Å². The van der Waals surface area contributed by atoms with Crippen molar-refractivity contribution in [3.8, 4) is 0 Å². The van der Waals surface area contributed by atoms with Gasteiger partial charge in [0, 0.05) is 0 Å². The molecule has 4 heteroatoms. The zero-order valence-corrected chi connectivity index (χ0v) is 13.1. The van der Waals surface area contributed by atoms with Crippen LogP contribution < -0.4 is 4.46 Å². The second-order valence-corrected chi connectivity index (χ2v) is 6.58. The van der Waals surface area contributed by atoms with Crippen molar-refractivity contribution in [3.63, 3.8) is 0 Å². The van der Waals surface area contributed by atoms with Gasteiger partial charge in [-0.25, -0.2) is 0 Å². The Morgan fingerprint density at radius 1 is 1.21 bits per heavy atom. The molecule has 0 saturated carbocycles. The van der Waals surface area contributed by atoms with Crippen molar-refractivity contribution < 1.29 is 4.92 Å². The topological polar surface area (TPSA) is 43.1 Å². The Balaban J connectivity index is 2.29. The second kappa shape index (κ2) is 9.76. The summed E-state index contributed by atoms with van der Waals surface area (Å²) in [4.78, 5) is 10.6. The summed E-state index contributed by atoms with van der Waals surface area (Å²) in [5, 5.41) is 11.8. The van der Waals surface area contributed by atoms with Gasteiger partial charge in [0.2, 0.25) is 0 Å². The fourth-order valence-electron chi connectivity index (χ4n) is 1.74. The third-order valence-electron chi connectivity index (χ3n) is 2.79. The third kappa shape index (κ3) is 6.55. The van der Waals surface area contributed by atoms with Crippen LogP contribution in [0.3, 0.4) is 0 Å². The summed E-state index contributed by atoms with van der Waals surface area (Å²) in [6.45, 7) is 2.21. The molecule has 0 atom stereocenters. The number of allylic oxidation sites excluding steroid dienone is 2. The fourth-order valence-corrected chi connectivity index (χ4v) is 3.58. The summed E-state index contributed by atoms with van der Waals surface area (Å²) < 4.78 is 0.885. The molecule has 0 N–H and O–H groups in total. The Labute approximate surface area is 121 Å². The molecular formula is C15H21NO2Se. The molecule has 0 spiro atoms. The van der Waals surface area contributed by atoms with Gasteiger partial charge in [0.1, 0.15) is 0 Å². The SMILES string of the molecule is CCCCCC/C=C/C[Se]c1ccccc1[N+](=O)[O-]. The molecule has 3 nitrogen and oxygen atoms in total. The van der Waals surface area contributed by atoms with Gasteiger partial charge in [-0.05, 0) is 0 Å². The molecule has 104 valence electrons. The van der Waals surface area contributed by atoms with Crippen LogP contribution in [0.5, 0.6) is 0 Å². The molecule has 1 rings (SSSR count). The molecule has 0 unspecified atom stereocenters. The normalized spacial score (nSPS) is 11.0. The summed E-state index contributed by atoms with van der Waals surface area (Å²) in [7, 11) is 0. The molecule has 0 aliphatic rings. The first-order valence-corrected chi connectivity index (χ1v) is 8.83. The van der Waals surface area contributed by atoms with Crippen LogP contribution in [0.15, 0.2) is 36.4 Å². The van der Waals surface area contributed by atoms with Crippen LogP contribution in [0.1, 0.15) is 39.0 Å². The van der Waals surface area contributed by atoms with Gasteiger partial charge < -0.3 is 0 Å². The van der Waals surface area contributed by atoms with Crippen molar-refractivity contribution in [1.82, 2.24) is 0 Å². The van der Waals surface area contributed by atoms with E-state index in [0.29, 0.717) is 0 Å². The molecule has 19 heavy (non-hydrogen) atoms. The number of para-hydroxylation sites is 1. The zero-order chi connectivity index (χ0) is 13.9. The van der Waals surface area contributed by atoms with Crippen molar-refractivity contribution >= 4 is 25.1 Å². The number of nitro benzene ring substituents is 1. The number of hydrogen-bond acceptors (Lipinski definition) is 2. The molecule has 0 radical (unpaired) electrons. The van der Waals surface area contributed by atoms with E-state index in [9.17, 15) is 10.1 Å². The van der Waals surface area contributed by atoms with Crippen LogP contribution in [-0.2, 0) is 0 Å². The van der Waals surface area contributed by atoms with Crippen molar-refractivity contribution in [2.45, 2.75) is 44.3 Å².